The van der Waals surface area contributed by atoms with E-state index in [0.717, 1.165) is 33.3 Å². The number of carboxylic acids is 1. The molecule has 5 N–H and O–H groups in total. The Morgan fingerprint density at radius 3 is 1.81 bits per heavy atom. The van der Waals surface area contributed by atoms with Gasteiger partial charge in [-0.05, 0) is 12.1 Å². The first kappa shape index (κ1) is 36.1. The van der Waals surface area contributed by atoms with Crippen molar-refractivity contribution in [2.45, 2.75) is 0 Å². The van der Waals surface area contributed by atoms with E-state index in [0.29, 0.717) is 33.4 Å². The summed E-state index contributed by atoms with van der Waals surface area (Å²) >= 11 is 5.83. The van der Waals surface area contributed by atoms with E-state index in [4.69, 9.17) is 30.9 Å². The molecule has 0 radical (unpaired) electrons. The van der Waals surface area contributed by atoms with Gasteiger partial charge in [0.1, 0.15) is 55.2 Å². The number of aromatic nitrogens is 15. The topological polar surface area (TPSA) is 271 Å². The molecular weight excluding hydrogens is 726 g/mol. The lowest BCUT2D eigenvalue weighted by atomic mass is 10.1. The van der Waals surface area contributed by atoms with Crippen LogP contribution in [0, 0.1) is 0 Å². The van der Waals surface area contributed by atoms with Crippen molar-refractivity contribution >= 4 is 56.1 Å². The zero-order valence-corrected chi connectivity index (χ0v) is 29.1. The van der Waals surface area contributed by atoms with Gasteiger partial charge in [0.25, 0.3) is 5.78 Å². The molecule has 0 fully saturated rings. The van der Waals surface area contributed by atoms with Gasteiger partial charge < -0.3 is 34.3 Å². The number of halogens is 1. The van der Waals surface area contributed by atoms with E-state index >= 15 is 0 Å². The molecule has 9 heterocycles. The van der Waals surface area contributed by atoms with Crippen molar-refractivity contribution in [1.82, 2.24) is 74.6 Å². The number of ether oxygens (including phenoxy) is 3. The fourth-order valence-electron chi connectivity index (χ4n) is 5.04. The van der Waals surface area contributed by atoms with E-state index < -0.39 is 11.8 Å². The maximum atomic E-state index is 11.8. The number of carbonyl (C=O) groups excluding carboxylic acids is 1. The van der Waals surface area contributed by atoms with Gasteiger partial charge in [-0.25, -0.2) is 44.1 Å². The maximum Gasteiger partial charge on any atom is 0.377 e. The van der Waals surface area contributed by atoms with Gasteiger partial charge in [-0.3, -0.25) is 9.89 Å². The first-order valence-electron chi connectivity index (χ1n) is 15.3. The van der Waals surface area contributed by atoms with Crippen LogP contribution < -0.4 is 14.2 Å². The number of H-pyrrole nitrogens is 4. The van der Waals surface area contributed by atoms with Crippen LogP contribution in [-0.2, 0) is 4.79 Å². The fraction of sp³-hybridized carbons (Fsp3) is 0.0938. The molecule has 0 saturated carbocycles. The molecule has 0 atom stereocenters. The van der Waals surface area contributed by atoms with Gasteiger partial charge in [-0.15, -0.1) is 0 Å². The number of aliphatic carboxylic acids is 1. The van der Waals surface area contributed by atoms with Crippen LogP contribution in [0.3, 0.4) is 0 Å². The summed E-state index contributed by atoms with van der Waals surface area (Å²) in [5.41, 5.74) is 2.13. The number of nitrogens with zero attached hydrogens (tertiary/aromatic N) is 11. The molecule has 0 aromatic carbocycles. The first-order valence-corrected chi connectivity index (χ1v) is 15.7. The number of carboxylic acid groups (broad SMARTS) is 1. The lowest BCUT2D eigenvalue weighted by Crippen LogP contribution is -2.12. The average molecular weight is 754 g/mol. The highest BCUT2D eigenvalue weighted by Crippen LogP contribution is 2.32. The van der Waals surface area contributed by atoms with E-state index in [2.05, 4.69) is 65.3 Å². The van der Waals surface area contributed by atoms with Crippen molar-refractivity contribution in [3.8, 4) is 28.9 Å². The number of pyridine rings is 3. The second-order valence-electron chi connectivity index (χ2n) is 10.4. The summed E-state index contributed by atoms with van der Waals surface area (Å²) in [6, 6.07) is 3.85. The molecule has 0 spiro atoms. The summed E-state index contributed by atoms with van der Waals surface area (Å²) in [6.45, 7) is 0. The van der Waals surface area contributed by atoms with Crippen molar-refractivity contribution in [1.29, 1.82) is 0 Å². The number of fused-ring (bicyclic) bond motifs is 3. The predicted octanol–water partition coefficient (Wildman–Crippen LogP) is 3.60. The van der Waals surface area contributed by atoms with Crippen LogP contribution in [-0.4, -0.2) is 113 Å². The largest absolute Gasteiger partial charge is 0.494 e. The maximum absolute atomic E-state index is 11.8. The van der Waals surface area contributed by atoms with Gasteiger partial charge in [0, 0.05) is 29.4 Å². The average Bonchev–Trinajstić information content (AvgIpc) is 4.06. The highest BCUT2D eigenvalue weighted by Gasteiger charge is 2.24. The van der Waals surface area contributed by atoms with Crippen molar-refractivity contribution in [2.24, 2.45) is 0 Å². The Hall–Kier alpha value is -7.68. The summed E-state index contributed by atoms with van der Waals surface area (Å²) in [4.78, 5) is 55.3. The molecule has 0 aliphatic heterocycles. The molecule has 0 unspecified atom stereocenters. The summed E-state index contributed by atoms with van der Waals surface area (Å²) in [5.74, 6) is 0.272. The molecule has 0 amide bonds. The van der Waals surface area contributed by atoms with Crippen LogP contribution >= 0.6 is 11.6 Å². The summed E-state index contributed by atoms with van der Waals surface area (Å²) < 4.78 is 18.5. The third kappa shape index (κ3) is 7.50. The minimum atomic E-state index is -1.54. The molecule has 0 bridgehead atoms. The van der Waals surface area contributed by atoms with Crippen LogP contribution in [0.5, 0.6) is 17.2 Å². The number of methoxy groups -OCH3 is 3. The van der Waals surface area contributed by atoms with Gasteiger partial charge in [0.15, 0.2) is 16.8 Å². The van der Waals surface area contributed by atoms with E-state index in [9.17, 15) is 9.59 Å². The number of hydrogen-bond acceptors (Lipinski definition) is 14. The molecule has 0 aliphatic carbocycles. The minimum absolute atomic E-state index is 0.00175. The van der Waals surface area contributed by atoms with Crippen molar-refractivity contribution in [3.63, 3.8) is 0 Å². The lowest BCUT2D eigenvalue weighted by Gasteiger charge is -2.06. The van der Waals surface area contributed by atoms with Crippen LogP contribution in [0.2, 0.25) is 5.15 Å². The molecule has 9 rings (SSSR count). The quantitative estimate of drug-likeness (QED) is 0.0884. The molecule has 9 aromatic heterocycles. The monoisotopic (exact) mass is 753 g/mol. The molecule has 274 valence electrons. The zero-order chi connectivity index (χ0) is 38.0. The highest BCUT2D eigenvalue weighted by atomic mass is 35.5. The van der Waals surface area contributed by atoms with Gasteiger partial charge in [0.2, 0.25) is 0 Å². The number of carbonyl (C=O) groups is 2. The molecule has 21 nitrogen and oxygen atoms in total. The number of rotatable bonds is 7. The number of Topliss-reactive ketones (excluding diaryl/α,β-unsaturated/α-hetero) is 1. The zero-order valence-electron chi connectivity index (χ0n) is 28.4. The van der Waals surface area contributed by atoms with E-state index in [1.807, 2.05) is 18.3 Å². The van der Waals surface area contributed by atoms with Crippen molar-refractivity contribution < 1.29 is 28.9 Å². The Morgan fingerprint density at radius 1 is 0.722 bits per heavy atom. The van der Waals surface area contributed by atoms with Gasteiger partial charge in [-0.1, -0.05) is 11.6 Å². The summed E-state index contributed by atoms with van der Waals surface area (Å²) in [5, 5.41) is 25.6. The fourth-order valence-corrected chi connectivity index (χ4v) is 5.24. The van der Waals surface area contributed by atoms with E-state index in [1.54, 1.807) is 43.8 Å². The van der Waals surface area contributed by atoms with Crippen molar-refractivity contribution in [2.75, 3.05) is 21.3 Å². The third-order valence-electron chi connectivity index (χ3n) is 7.41. The first-order chi connectivity index (χ1) is 26.4. The molecule has 9 aromatic rings. The second kappa shape index (κ2) is 16.6. The SMILES string of the molecule is COc1cnc(-n2cncn2)c2[nH]cc(C(=O)C(=O)O)c12.COc1cnc(-n2cncn2)c2[nH]ccc12.COc1cnc(Cl)c2[nH]ccc12.c1nc[nH]n1. The number of aromatic amines is 4. The smallest absolute Gasteiger partial charge is 0.377 e. The summed E-state index contributed by atoms with van der Waals surface area (Å²) in [7, 11) is 4.64. The lowest BCUT2D eigenvalue weighted by molar-refractivity contribution is -0.131. The summed E-state index contributed by atoms with van der Waals surface area (Å²) in [6.07, 6.45) is 18.5. The third-order valence-corrected chi connectivity index (χ3v) is 7.70. The van der Waals surface area contributed by atoms with Crippen molar-refractivity contribution in [3.05, 3.63) is 98.0 Å². The molecule has 0 aliphatic rings. The van der Waals surface area contributed by atoms with E-state index in [-0.39, 0.29) is 5.56 Å². The predicted molar refractivity (Wildman–Crippen MR) is 191 cm³/mol. The van der Waals surface area contributed by atoms with Crippen LogP contribution in [0.1, 0.15) is 10.4 Å². The highest BCUT2D eigenvalue weighted by molar-refractivity contribution is 6.42. The normalized spacial score (nSPS) is 10.4. The minimum Gasteiger partial charge on any atom is -0.494 e. The van der Waals surface area contributed by atoms with Crippen LogP contribution in [0.4, 0.5) is 0 Å². The van der Waals surface area contributed by atoms with Gasteiger partial charge >= 0.3 is 5.97 Å². The Bertz CT molecular complexity index is 2580. The molecule has 0 saturated heterocycles. The number of ketones is 1. The Balaban J connectivity index is 0.000000133. The van der Waals surface area contributed by atoms with Crippen LogP contribution in [0.15, 0.2) is 87.3 Å². The Kier molecular flexibility index (Phi) is 11.1. The van der Waals surface area contributed by atoms with Gasteiger partial charge in [0.05, 0.1) is 67.4 Å². The van der Waals surface area contributed by atoms with Gasteiger partial charge in [-0.2, -0.15) is 15.3 Å². The van der Waals surface area contributed by atoms with Crippen LogP contribution in [0.25, 0.3) is 44.3 Å². The second-order valence-corrected chi connectivity index (χ2v) is 10.7. The standard InChI is InChI=1S/C12H9N5O4.C10H9N5O.C8H7ClN2O.C2H3N3/c1-21-7-3-15-11(17-5-13-4-16-17)9-8(7)6(2-14-9)10(18)12(19)20;1-16-8-4-13-10(15-6-11-5-14-15)9-7(8)2-3-12-9;1-12-6-4-11-8(9)7-5(6)2-3-10-7;1-3-2-5-4-1/h2-5,14H,1H3,(H,19,20);2-6,12H,1H3;2-4,10H,1H3;1-2H,(H,3,4,5). The number of nitrogens with one attached hydrogen (secondary N) is 4. The molecular formula is C32H28ClN15O6. The molecule has 22 heteroatoms. The molecule has 54 heavy (non-hydrogen) atoms. The Labute approximate surface area is 307 Å². The Morgan fingerprint density at radius 2 is 1.30 bits per heavy atom. The van der Waals surface area contributed by atoms with E-state index in [1.165, 1.54) is 55.8 Å². The number of hydrogen-bond donors (Lipinski definition) is 5.